The van der Waals surface area contributed by atoms with Gasteiger partial charge in [-0.2, -0.15) is 5.10 Å². The van der Waals surface area contributed by atoms with E-state index in [1.165, 1.54) is 26.9 Å². The maximum atomic E-state index is 4.22. The lowest BCUT2D eigenvalue weighted by atomic mass is 9.97. The van der Waals surface area contributed by atoms with E-state index < -0.39 is 0 Å². The first kappa shape index (κ1) is 15.3. The number of aryl methyl sites for hydroxylation is 4. The molecule has 2 aromatic rings. The van der Waals surface area contributed by atoms with E-state index in [0.717, 1.165) is 12.8 Å². The summed E-state index contributed by atoms with van der Waals surface area (Å²) in [6, 6.07) is 6.99. The third kappa shape index (κ3) is 3.30. The molecule has 1 N–H and O–H groups in total. The molecule has 0 aliphatic rings. The summed E-state index contributed by atoms with van der Waals surface area (Å²) in [4.78, 5) is 0. The van der Waals surface area contributed by atoms with Crippen molar-refractivity contribution in [2.75, 3.05) is 7.05 Å². The summed E-state index contributed by atoms with van der Waals surface area (Å²) in [6.45, 7) is 4.29. The quantitative estimate of drug-likeness (QED) is 0.902. The van der Waals surface area contributed by atoms with Gasteiger partial charge in [0.25, 0.3) is 0 Å². The van der Waals surface area contributed by atoms with E-state index in [4.69, 9.17) is 0 Å². The summed E-state index contributed by atoms with van der Waals surface area (Å²) in [5, 5.41) is 7.65. The van der Waals surface area contributed by atoms with Gasteiger partial charge in [-0.1, -0.05) is 28.1 Å². The van der Waals surface area contributed by atoms with Gasteiger partial charge in [0.15, 0.2) is 0 Å². The SMILES string of the molecule is CNC(CCc1ccnn1C)c1cc(C)c(Br)c(C)c1. The molecule has 1 atom stereocenters. The van der Waals surface area contributed by atoms with Gasteiger partial charge in [0.1, 0.15) is 0 Å². The van der Waals surface area contributed by atoms with Crippen molar-refractivity contribution in [2.24, 2.45) is 7.05 Å². The first-order valence-electron chi connectivity index (χ1n) is 6.93. The Kier molecular flexibility index (Phi) is 5.00. The van der Waals surface area contributed by atoms with Crippen molar-refractivity contribution >= 4 is 15.9 Å². The van der Waals surface area contributed by atoms with E-state index in [0.29, 0.717) is 6.04 Å². The van der Waals surface area contributed by atoms with Crippen molar-refractivity contribution in [3.63, 3.8) is 0 Å². The van der Waals surface area contributed by atoms with Crippen LogP contribution >= 0.6 is 15.9 Å². The summed E-state index contributed by atoms with van der Waals surface area (Å²) in [5.41, 5.74) is 5.21. The smallest absolute Gasteiger partial charge is 0.0492 e. The van der Waals surface area contributed by atoms with E-state index in [-0.39, 0.29) is 0 Å². The van der Waals surface area contributed by atoms with Crippen molar-refractivity contribution in [1.82, 2.24) is 15.1 Å². The number of aromatic nitrogens is 2. The maximum absolute atomic E-state index is 4.22. The molecule has 108 valence electrons. The Labute approximate surface area is 129 Å². The zero-order valence-electron chi connectivity index (χ0n) is 12.6. The minimum Gasteiger partial charge on any atom is -0.313 e. The Morgan fingerprint density at radius 2 is 1.95 bits per heavy atom. The number of hydrogen-bond donors (Lipinski definition) is 1. The van der Waals surface area contributed by atoms with Crippen LogP contribution in [0.4, 0.5) is 0 Å². The van der Waals surface area contributed by atoms with Crippen LogP contribution in [0, 0.1) is 13.8 Å². The first-order chi connectivity index (χ1) is 9.52. The summed E-state index contributed by atoms with van der Waals surface area (Å²) in [7, 11) is 4.03. The molecule has 0 aliphatic heterocycles. The van der Waals surface area contributed by atoms with Gasteiger partial charge in [-0.05, 0) is 56.5 Å². The van der Waals surface area contributed by atoms with Crippen LogP contribution in [-0.2, 0) is 13.5 Å². The predicted molar refractivity (Wildman–Crippen MR) is 86.9 cm³/mol. The van der Waals surface area contributed by atoms with E-state index in [1.54, 1.807) is 0 Å². The molecule has 3 nitrogen and oxygen atoms in total. The number of halogens is 1. The fourth-order valence-electron chi connectivity index (χ4n) is 2.60. The minimum atomic E-state index is 0.371. The lowest BCUT2D eigenvalue weighted by Gasteiger charge is -2.19. The first-order valence-corrected chi connectivity index (χ1v) is 7.73. The largest absolute Gasteiger partial charge is 0.313 e. The highest BCUT2D eigenvalue weighted by Crippen LogP contribution is 2.27. The molecule has 0 bridgehead atoms. The molecule has 4 heteroatoms. The van der Waals surface area contributed by atoms with Gasteiger partial charge in [0.05, 0.1) is 0 Å². The zero-order valence-corrected chi connectivity index (χ0v) is 14.2. The monoisotopic (exact) mass is 335 g/mol. The lowest BCUT2D eigenvalue weighted by Crippen LogP contribution is -2.18. The molecule has 2 rings (SSSR count). The van der Waals surface area contributed by atoms with E-state index >= 15 is 0 Å². The second-order valence-electron chi connectivity index (χ2n) is 5.29. The summed E-state index contributed by atoms with van der Waals surface area (Å²) < 4.78 is 3.16. The number of benzene rings is 1. The average molecular weight is 336 g/mol. The standard InChI is InChI=1S/C16H22BrN3/c1-11-9-13(10-12(2)16(11)17)15(18-3)6-5-14-7-8-19-20(14)4/h7-10,15,18H,5-6H2,1-4H3. The van der Waals surface area contributed by atoms with Crippen LogP contribution in [0.3, 0.4) is 0 Å². The van der Waals surface area contributed by atoms with E-state index in [2.05, 4.69) is 58.4 Å². The van der Waals surface area contributed by atoms with Crippen LogP contribution in [0.15, 0.2) is 28.9 Å². The fraction of sp³-hybridized carbons (Fsp3) is 0.438. The molecule has 0 saturated heterocycles. The average Bonchev–Trinajstić information content (AvgIpc) is 2.82. The van der Waals surface area contributed by atoms with Gasteiger partial charge < -0.3 is 5.32 Å². The van der Waals surface area contributed by atoms with Crippen LogP contribution in [-0.4, -0.2) is 16.8 Å². The molecular formula is C16H22BrN3. The molecule has 0 spiro atoms. The zero-order chi connectivity index (χ0) is 14.7. The number of nitrogens with one attached hydrogen (secondary N) is 1. The molecule has 0 aliphatic carbocycles. The van der Waals surface area contributed by atoms with Crippen LogP contribution in [0.5, 0.6) is 0 Å². The van der Waals surface area contributed by atoms with Crippen molar-refractivity contribution in [2.45, 2.75) is 32.7 Å². The van der Waals surface area contributed by atoms with Gasteiger partial charge in [-0.25, -0.2) is 0 Å². The molecule has 0 saturated carbocycles. The van der Waals surface area contributed by atoms with Gasteiger partial charge in [-0.15, -0.1) is 0 Å². The van der Waals surface area contributed by atoms with Crippen molar-refractivity contribution in [3.8, 4) is 0 Å². The second-order valence-corrected chi connectivity index (χ2v) is 6.09. The normalized spacial score (nSPS) is 12.7. The summed E-state index contributed by atoms with van der Waals surface area (Å²) >= 11 is 3.63. The van der Waals surface area contributed by atoms with Crippen molar-refractivity contribution in [3.05, 3.63) is 51.3 Å². The molecule has 1 aromatic heterocycles. The van der Waals surface area contributed by atoms with Crippen LogP contribution < -0.4 is 5.32 Å². The Hall–Kier alpha value is -1.13. The van der Waals surface area contributed by atoms with Gasteiger partial charge in [0, 0.05) is 29.5 Å². The predicted octanol–water partition coefficient (Wildman–Crippen LogP) is 3.69. The number of rotatable bonds is 5. The summed E-state index contributed by atoms with van der Waals surface area (Å²) in [5.74, 6) is 0. The van der Waals surface area contributed by atoms with E-state index in [1.807, 2.05) is 25.0 Å². The molecule has 0 amide bonds. The molecule has 0 radical (unpaired) electrons. The number of hydrogen-bond acceptors (Lipinski definition) is 2. The third-order valence-electron chi connectivity index (χ3n) is 3.82. The maximum Gasteiger partial charge on any atom is 0.0492 e. The third-order valence-corrected chi connectivity index (χ3v) is 5.07. The lowest BCUT2D eigenvalue weighted by molar-refractivity contribution is 0.535. The fourth-order valence-corrected chi connectivity index (χ4v) is 2.83. The Bertz CT molecular complexity index is 566. The molecular weight excluding hydrogens is 314 g/mol. The number of nitrogens with zero attached hydrogens (tertiary/aromatic N) is 2. The van der Waals surface area contributed by atoms with E-state index in [9.17, 15) is 0 Å². The highest BCUT2D eigenvalue weighted by Gasteiger charge is 2.13. The molecule has 0 fully saturated rings. The topological polar surface area (TPSA) is 29.9 Å². The van der Waals surface area contributed by atoms with Gasteiger partial charge >= 0.3 is 0 Å². The van der Waals surface area contributed by atoms with Crippen molar-refractivity contribution in [1.29, 1.82) is 0 Å². The highest BCUT2D eigenvalue weighted by molar-refractivity contribution is 9.10. The molecule has 1 unspecified atom stereocenters. The van der Waals surface area contributed by atoms with Crippen LogP contribution in [0.25, 0.3) is 0 Å². The van der Waals surface area contributed by atoms with Crippen LogP contribution in [0.2, 0.25) is 0 Å². The molecule has 1 aromatic carbocycles. The Balaban J connectivity index is 2.14. The second kappa shape index (κ2) is 6.55. The minimum absolute atomic E-state index is 0.371. The Morgan fingerprint density at radius 3 is 2.45 bits per heavy atom. The van der Waals surface area contributed by atoms with Crippen LogP contribution in [0.1, 0.15) is 34.8 Å². The Morgan fingerprint density at radius 1 is 1.30 bits per heavy atom. The van der Waals surface area contributed by atoms with Crippen molar-refractivity contribution < 1.29 is 0 Å². The molecule has 1 heterocycles. The van der Waals surface area contributed by atoms with Gasteiger partial charge in [-0.3, -0.25) is 4.68 Å². The molecule has 20 heavy (non-hydrogen) atoms. The summed E-state index contributed by atoms with van der Waals surface area (Å²) in [6.07, 6.45) is 3.95. The van der Waals surface area contributed by atoms with Gasteiger partial charge in [0.2, 0.25) is 0 Å². The highest BCUT2D eigenvalue weighted by atomic mass is 79.9.